The van der Waals surface area contributed by atoms with Gasteiger partial charge in [-0.15, -0.1) is 0 Å². The van der Waals surface area contributed by atoms with E-state index in [1.807, 2.05) is 12.3 Å². The third kappa shape index (κ3) is 4.07. The molecule has 11 heteroatoms. The number of nitrogens with one attached hydrogen (secondary N) is 3. The Morgan fingerprint density at radius 1 is 1.23 bits per heavy atom. The molecule has 2 heterocycles. The van der Waals surface area contributed by atoms with E-state index >= 15 is 0 Å². The fraction of sp³-hybridized carbons (Fsp3) is 0.316. The van der Waals surface area contributed by atoms with Gasteiger partial charge in [-0.25, -0.2) is 8.42 Å². The van der Waals surface area contributed by atoms with E-state index in [0.29, 0.717) is 23.3 Å². The maximum Gasteiger partial charge on any atom is 0.318 e. The van der Waals surface area contributed by atoms with Gasteiger partial charge in [0.15, 0.2) is 0 Å². The molecule has 0 spiro atoms. The second-order valence-electron chi connectivity index (χ2n) is 7.21. The molecule has 0 unspecified atom stereocenters. The summed E-state index contributed by atoms with van der Waals surface area (Å²) in [6.45, 7) is -0.608. The number of carboxylic acid groups (broad SMARTS) is 1. The van der Waals surface area contributed by atoms with Crippen molar-refractivity contribution in [1.29, 1.82) is 0 Å². The van der Waals surface area contributed by atoms with E-state index in [1.54, 1.807) is 12.1 Å². The SMILES string of the molecule is CN(CC(=O)O)S(=O)(=O)c1ccc(Nc2nc(NC3CCC3)c3cc[nH]c3n2)cc1. The molecule has 4 N–H and O–H groups in total. The second kappa shape index (κ2) is 7.92. The Bertz CT molecular complexity index is 1170. The molecule has 0 saturated heterocycles. The molecule has 158 valence electrons. The van der Waals surface area contributed by atoms with Crippen LogP contribution in [0, 0.1) is 0 Å². The first kappa shape index (κ1) is 20.1. The number of rotatable bonds is 8. The second-order valence-corrected chi connectivity index (χ2v) is 9.26. The van der Waals surface area contributed by atoms with Gasteiger partial charge in [0, 0.05) is 25.0 Å². The van der Waals surface area contributed by atoms with E-state index in [0.717, 1.165) is 28.4 Å². The summed E-state index contributed by atoms with van der Waals surface area (Å²) in [5, 5.41) is 16.3. The molecule has 1 fully saturated rings. The molecule has 0 atom stereocenters. The van der Waals surface area contributed by atoms with Gasteiger partial charge in [-0.3, -0.25) is 4.79 Å². The maximum absolute atomic E-state index is 12.4. The molecule has 2 aromatic heterocycles. The van der Waals surface area contributed by atoms with Crippen molar-refractivity contribution in [1.82, 2.24) is 19.3 Å². The number of anilines is 3. The van der Waals surface area contributed by atoms with Crippen molar-refractivity contribution in [2.24, 2.45) is 0 Å². The summed E-state index contributed by atoms with van der Waals surface area (Å²) < 4.78 is 25.7. The molecule has 10 nitrogen and oxygen atoms in total. The lowest BCUT2D eigenvalue weighted by Gasteiger charge is -2.27. The summed E-state index contributed by atoms with van der Waals surface area (Å²) in [5.74, 6) is -0.0872. The Morgan fingerprint density at radius 2 is 1.97 bits per heavy atom. The van der Waals surface area contributed by atoms with Crippen molar-refractivity contribution in [2.45, 2.75) is 30.2 Å². The summed E-state index contributed by atoms with van der Waals surface area (Å²) in [4.78, 5) is 22.9. The van der Waals surface area contributed by atoms with Crippen LogP contribution < -0.4 is 10.6 Å². The van der Waals surface area contributed by atoms with Crippen molar-refractivity contribution in [3.05, 3.63) is 36.5 Å². The summed E-state index contributed by atoms with van der Waals surface area (Å²) in [5.41, 5.74) is 1.30. The van der Waals surface area contributed by atoms with Gasteiger partial charge in [-0.1, -0.05) is 0 Å². The van der Waals surface area contributed by atoms with Crippen LogP contribution >= 0.6 is 0 Å². The van der Waals surface area contributed by atoms with Crippen LogP contribution in [0.2, 0.25) is 0 Å². The number of hydrogen-bond donors (Lipinski definition) is 4. The zero-order valence-electron chi connectivity index (χ0n) is 16.3. The minimum Gasteiger partial charge on any atom is -0.480 e. The van der Waals surface area contributed by atoms with E-state index in [9.17, 15) is 13.2 Å². The van der Waals surface area contributed by atoms with Gasteiger partial charge < -0.3 is 20.7 Å². The molecule has 0 amide bonds. The molecule has 1 aliphatic carbocycles. The van der Waals surface area contributed by atoms with Crippen molar-refractivity contribution in [3.63, 3.8) is 0 Å². The Morgan fingerprint density at radius 3 is 2.60 bits per heavy atom. The zero-order valence-corrected chi connectivity index (χ0v) is 17.1. The van der Waals surface area contributed by atoms with Crippen molar-refractivity contribution in [3.8, 4) is 0 Å². The van der Waals surface area contributed by atoms with Crippen molar-refractivity contribution < 1.29 is 18.3 Å². The number of hydrogen-bond acceptors (Lipinski definition) is 7. The van der Waals surface area contributed by atoms with Crippen LogP contribution in [0.25, 0.3) is 11.0 Å². The number of fused-ring (bicyclic) bond motifs is 1. The Labute approximate surface area is 173 Å². The maximum atomic E-state index is 12.4. The first-order valence-corrected chi connectivity index (χ1v) is 10.9. The van der Waals surface area contributed by atoms with E-state index < -0.39 is 22.5 Å². The highest BCUT2D eigenvalue weighted by atomic mass is 32.2. The van der Waals surface area contributed by atoms with Gasteiger partial charge in [0.25, 0.3) is 0 Å². The fourth-order valence-corrected chi connectivity index (χ4v) is 4.27. The molecular weight excluding hydrogens is 408 g/mol. The van der Waals surface area contributed by atoms with E-state index in [2.05, 4.69) is 25.6 Å². The summed E-state index contributed by atoms with van der Waals surface area (Å²) in [6.07, 6.45) is 5.25. The lowest BCUT2D eigenvalue weighted by molar-refractivity contribution is -0.137. The quantitative estimate of drug-likeness (QED) is 0.427. The normalized spacial score (nSPS) is 14.6. The molecule has 0 radical (unpaired) electrons. The summed E-state index contributed by atoms with van der Waals surface area (Å²) in [7, 11) is -2.66. The first-order valence-electron chi connectivity index (χ1n) is 9.50. The number of carbonyl (C=O) groups is 1. The zero-order chi connectivity index (χ0) is 21.3. The molecule has 1 aromatic carbocycles. The number of aromatic nitrogens is 3. The molecular formula is C19H22N6O4S. The molecule has 1 aliphatic rings. The third-order valence-electron chi connectivity index (χ3n) is 5.04. The van der Waals surface area contributed by atoms with E-state index in [-0.39, 0.29) is 4.90 Å². The molecule has 4 rings (SSSR count). The number of benzene rings is 1. The lowest BCUT2D eigenvalue weighted by Crippen LogP contribution is -2.31. The molecule has 0 bridgehead atoms. The number of aromatic amines is 1. The average Bonchev–Trinajstić information content (AvgIpc) is 3.13. The third-order valence-corrected chi connectivity index (χ3v) is 6.86. The highest BCUT2D eigenvalue weighted by Crippen LogP contribution is 2.28. The van der Waals surface area contributed by atoms with Crippen LogP contribution in [-0.2, 0) is 14.8 Å². The highest BCUT2D eigenvalue weighted by molar-refractivity contribution is 7.89. The topological polar surface area (TPSA) is 140 Å². The molecule has 1 saturated carbocycles. The van der Waals surface area contributed by atoms with E-state index in [4.69, 9.17) is 5.11 Å². The highest BCUT2D eigenvalue weighted by Gasteiger charge is 2.23. The summed E-state index contributed by atoms with van der Waals surface area (Å²) >= 11 is 0. The van der Waals surface area contributed by atoms with Crippen LogP contribution in [0.1, 0.15) is 19.3 Å². The first-order chi connectivity index (χ1) is 14.3. The van der Waals surface area contributed by atoms with Crippen molar-refractivity contribution in [2.75, 3.05) is 24.2 Å². The van der Waals surface area contributed by atoms with Gasteiger partial charge >= 0.3 is 5.97 Å². The molecule has 0 aliphatic heterocycles. The number of H-pyrrole nitrogens is 1. The van der Waals surface area contributed by atoms with Crippen LogP contribution in [0.3, 0.4) is 0 Å². The lowest BCUT2D eigenvalue weighted by atomic mass is 9.93. The van der Waals surface area contributed by atoms with Crippen LogP contribution in [0.4, 0.5) is 17.5 Å². The Kier molecular flexibility index (Phi) is 5.31. The number of likely N-dealkylation sites (N-methyl/N-ethyl adjacent to an activating group) is 1. The smallest absolute Gasteiger partial charge is 0.318 e. The van der Waals surface area contributed by atoms with Gasteiger partial charge in [0.2, 0.25) is 16.0 Å². The fourth-order valence-electron chi connectivity index (χ4n) is 3.15. The standard InChI is InChI=1S/C19H22N6O4S/c1-25(11-16(26)27)30(28,29)14-7-5-13(6-8-14)22-19-23-17-15(9-10-20-17)18(24-19)21-12-3-2-4-12/h5-10,12H,2-4,11H2,1H3,(H,26,27)(H3,20,21,22,23,24). The molecule has 3 aromatic rings. The monoisotopic (exact) mass is 430 g/mol. The number of sulfonamides is 1. The van der Waals surface area contributed by atoms with Gasteiger partial charge in [-0.2, -0.15) is 14.3 Å². The number of nitrogens with zero attached hydrogens (tertiary/aromatic N) is 3. The van der Waals surface area contributed by atoms with Gasteiger partial charge in [-0.05, 0) is 49.6 Å². The minimum absolute atomic E-state index is 0.00452. The van der Waals surface area contributed by atoms with Gasteiger partial charge in [0.05, 0.1) is 10.3 Å². The molecule has 30 heavy (non-hydrogen) atoms. The predicted octanol–water partition coefficient (Wildman–Crippen LogP) is 2.37. The number of aliphatic carboxylic acids is 1. The largest absolute Gasteiger partial charge is 0.480 e. The minimum atomic E-state index is -3.88. The van der Waals surface area contributed by atoms with Crippen LogP contribution in [-0.4, -0.2) is 58.4 Å². The van der Waals surface area contributed by atoms with Crippen LogP contribution in [0.5, 0.6) is 0 Å². The van der Waals surface area contributed by atoms with Gasteiger partial charge in [0.1, 0.15) is 18.0 Å². The number of carboxylic acids is 1. The predicted molar refractivity (Wildman–Crippen MR) is 112 cm³/mol. The average molecular weight is 430 g/mol. The van der Waals surface area contributed by atoms with Crippen LogP contribution in [0.15, 0.2) is 41.4 Å². The Balaban J connectivity index is 1.54. The summed E-state index contributed by atoms with van der Waals surface area (Å²) in [6, 6.07) is 8.34. The van der Waals surface area contributed by atoms with E-state index in [1.165, 1.54) is 25.6 Å². The Hall–Kier alpha value is -3.18. The van der Waals surface area contributed by atoms with Crippen molar-refractivity contribution >= 4 is 44.5 Å².